The predicted molar refractivity (Wildman–Crippen MR) is 87.6 cm³/mol. The Balaban J connectivity index is 2.54. The van der Waals surface area contributed by atoms with Crippen LogP contribution in [-0.2, 0) is 9.59 Å². The van der Waals surface area contributed by atoms with Crippen molar-refractivity contribution < 1.29 is 9.59 Å². The van der Waals surface area contributed by atoms with Crippen LogP contribution < -0.4 is 10.2 Å². The summed E-state index contributed by atoms with van der Waals surface area (Å²) in [5.41, 5.74) is -0.315. The highest BCUT2D eigenvalue weighted by molar-refractivity contribution is 9.10. The normalized spacial score (nSPS) is 26.0. The van der Waals surface area contributed by atoms with Crippen LogP contribution in [0, 0.1) is 0 Å². The van der Waals surface area contributed by atoms with Gasteiger partial charge in [-0.1, -0.05) is 41.4 Å². The van der Waals surface area contributed by atoms with Gasteiger partial charge in [-0.3, -0.25) is 14.5 Å². The first-order chi connectivity index (χ1) is 9.84. The van der Waals surface area contributed by atoms with Crippen LogP contribution in [0.2, 0.25) is 5.02 Å². The molecule has 0 bridgehead atoms. The standard InChI is InChI=1S/C15H18BrClN2O2/c1-4-11-13(20)18-15(3,5-2)14(21)19(11)12-7-6-9(16)8-10(12)17/h6-8,11H,4-5H2,1-3H3,(H,18,20). The molecular formula is C15H18BrClN2O2. The smallest absolute Gasteiger partial charge is 0.253 e. The molecule has 0 spiro atoms. The van der Waals surface area contributed by atoms with E-state index in [2.05, 4.69) is 21.2 Å². The monoisotopic (exact) mass is 372 g/mol. The molecule has 2 unspecified atom stereocenters. The molecule has 4 nitrogen and oxygen atoms in total. The number of nitrogens with one attached hydrogen (secondary N) is 1. The molecule has 1 aromatic carbocycles. The van der Waals surface area contributed by atoms with Crippen molar-refractivity contribution in [3.05, 3.63) is 27.7 Å². The van der Waals surface area contributed by atoms with Gasteiger partial charge in [0.2, 0.25) is 5.91 Å². The Morgan fingerprint density at radius 1 is 1.38 bits per heavy atom. The molecule has 0 radical (unpaired) electrons. The van der Waals surface area contributed by atoms with Crippen LogP contribution in [0.5, 0.6) is 0 Å². The Morgan fingerprint density at radius 3 is 2.57 bits per heavy atom. The fourth-order valence-electron chi connectivity index (χ4n) is 2.49. The lowest BCUT2D eigenvalue weighted by molar-refractivity contribution is -0.138. The molecule has 2 amide bonds. The molecule has 2 atom stereocenters. The second-order valence-electron chi connectivity index (χ2n) is 5.37. The number of carbonyl (C=O) groups is 2. The van der Waals surface area contributed by atoms with E-state index in [1.54, 1.807) is 19.1 Å². The van der Waals surface area contributed by atoms with Gasteiger partial charge >= 0.3 is 0 Å². The van der Waals surface area contributed by atoms with Crippen LogP contribution in [0.1, 0.15) is 33.6 Å². The van der Waals surface area contributed by atoms with Crippen molar-refractivity contribution in [3.8, 4) is 0 Å². The third-order valence-corrected chi connectivity index (χ3v) is 4.76. The highest BCUT2D eigenvalue weighted by Gasteiger charge is 2.47. The van der Waals surface area contributed by atoms with Crippen LogP contribution in [0.25, 0.3) is 0 Å². The van der Waals surface area contributed by atoms with E-state index in [0.29, 0.717) is 23.6 Å². The number of hydrogen-bond donors (Lipinski definition) is 1. The summed E-state index contributed by atoms with van der Waals surface area (Å²) in [4.78, 5) is 26.8. The highest BCUT2D eigenvalue weighted by atomic mass is 79.9. The van der Waals surface area contributed by atoms with Crippen molar-refractivity contribution in [2.75, 3.05) is 4.90 Å². The molecule has 1 aliphatic heterocycles. The largest absolute Gasteiger partial charge is 0.340 e. The molecule has 0 aliphatic carbocycles. The molecule has 1 aromatic rings. The lowest BCUT2D eigenvalue weighted by atomic mass is 9.90. The van der Waals surface area contributed by atoms with E-state index in [1.807, 2.05) is 19.9 Å². The molecule has 1 heterocycles. The van der Waals surface area contributed by atoms with Crippen molar-refractivity contribution in [2.45, 2.75) is 45.2 Å². The quantitative estimate of drug-likeness (QED) is 0.881. The number of nitrogens with zero attached hydrogens (tertiary/aromatic N) is 1. The van der Waals surface area contributed by atoms with E-state index in [9.17, 15) is 9.59 Å². The number of hydrogen-bond acceptors (Lipinski definition) is 2. The second kappa shape index (κ2) is 5.97. The molecule has 1 aliphatic rings. The summed E-state index contributed by atoms with van der Waals surface area (Å²) in [7, 11) is 0. The maximum absolute atomic E-state index is 12.9. The Hall–Kier alpha value is -1.07. The van der Waals surface area contributed by atoms with Gasteiger partial charge in [0.25, 0.3) is 5.91 Å². The van der Waals surface area contributed by atoms with Gasteiger partial charge in [-0.2, -0.15) is 0 Å². The topological polar surface area (TPSA) is 49.4 Å². The van der Waals surface area contributed by atoms with Gasteiger partial charge in [-0.25, -0.2) is 0 Å². The van der Waals surface area contributed by atoms with Gasteiger partial charge < -0.3 is 5.32 Å². The molecular weight excluding hydrogens is 356 g/mol. The maximum atomic E-state index is 12.9. The Morgan fingerprint density at radius 2 is 2.05 bits per heavy atom. The van der Waals surface area contributed by atoms with Gasteiger partial charge in [0.15, 0.2) is 0 Å². The first-order valence-corrected chi connectivity index (χ1v) is 8.12. The highest BCUT2D eigenvalue weighted by Crippen LogP contribution is 2.35. The van der Waals surface area contributed by atoms with Crippen LogP contribution in [0.4, 0.5) is 5.69 Å². The summed E-state index contributed by atoms with van der Waals surface area (Å²) in [5, 5.41) is 3.29. The number of piperazine rings is 1. The van der Waals surface area contributed by atoms with Gasteiger partial charge in [0.05, 0.1) is 10.7 Å². The van der Waals surface area contributed by atoms with Crippen LogP contribution in [0.15, 0.2) is 22.7 Å². The average Bonchev–Trinajstić information content (AvgIpc) is 2.43. The third kappa shape index (κ3) is 2.81. The fraction of sp³-hybridized carbons (Fsp3) is 0.467. The maximum Gasteiger partial charge on any atom is 0.253 e. The minimum atomic E-state index is -0.890. The summed E-state index contributed by atoms with van der Waals surface area (Å²) in [6, 6.07) is 4.78. The molecule has 2 rings (SSSR count). The lowest BCUT2D eigenvalue weighted by Crippen LogP contribution is -2.69. The molecule has 114 valence electrons. The van der Waals surface area contributed by atoms with Gasteiger partial charge in [0, 0.05) is 4.47 Å². The molecule has 1 N–H and O–H groups in total. The lowest BCUT2D eigenvalue weighted by Gasteiger charge is -2.44. The number of anilines is 1. The zero-order valence-corrected chi connectivity index (χ0v) is 14.6. The predicted octanol–water partition coefficient (Wildman–Crippen LogP) is 3.51. The van der Waals surface area contributed by atoms with Crippen molar-refractivity contribution in [1.29, 1.82) is 0 Å². The summed E-state index contributed by atoms with van der Waals surface area (Å²) < 4.78 is 0.830. The minimum Gasteiger partial charge on any atom is -0.340 e. The third-order valence-electron chi connectivity index (χ3n) is 3.97. The molecule has 21 heavy (non-hydrogen) atoms. The van der Waals surface area contributed by atoms with Crippen molar-refractivity contribution in [3.63, 3.8) is 0 Å². The summed E-state index contributed by atoms with van der Waals surface area (Å²) in [6.07, 6.45) is 1.06. The van der Waals surface area contributed by atoms with Gasteiger partial charge in [-0.15, -0.1) is 0 Å². The van der Waals surface area contributed by atoms with Crippen molar-refractivity contribution >= 4 is 45.0 Å². The van der Waals surface area contributed by atoms with E-state index in [0.717, 1.165) is 4.47 Å². The Bertz CT molecular complexity index is 593. The minimum absolute atomic E-state index is 0.124. The first-order valence-electron chi connectivity index (χ1n) is 6.94. The molecule has 6 heteroatoms. The number of rotatable bonds is 3. The summed E-state index contributed by atoms with van der Waals surface area (Å²) >= 11 is 9.63. The number of amides is 2. The zero-order valence-electron chi connectivity index (χ0n) is 12.2. The molecule has 1 fully saturated rings. The zero-order chi connectivity index (χ0) is 15.8. The SMILES string of the molecule is CCC1C(=O)NC(C)(CC)C(=O)N1c1ccc(Br)cc1Cl. The van der Waals surface area contributed by atoms with Crippen LogP contribution in [-0.4, -0.2) is 23.4 Å². The van der Waals surface area contributed by atoms with E-state index in [1.165, 1.54) is 4.90 Å². The fourth-order valence-corrected chi connectivity index (χ4v) is 3.26. The summed E-state index contributed by atoms with van der Waals surface area (Å²) in [6.45, 7) is 5.51. The van der Waals surface area contributed by atoms with E-state index in [4.69, 9.17) is 11.6 Å². The van der Waals surface area contributed by atoms with Crippen LogP contribution in [0.3, 0.4) is 0 Å². The number of benzene rings is 1. The van der Waals surface area contributed by atoms with E-state index in [-0.39, 0.29) is 11.8 Å². The van der Waals surface area contributed by atoms with Gasteiger partial charge in [0.1, 0.15) is 11.6 Å². The summed E-state index contributed by atoms with van der Waals surface area (Å²) in [5.74, 6) is -0.263. The van der Waals surface area contributed by atoms with Gasteiger partial charge in [-0.05, 0) is 38.0 Å². The number of halogens is 2. The Labute approximate surface area is 138 Å². The van der Waals surface area contributed by atoms with E-state index < -0.39 is 11.6 Å². The number of carbonyl (C=O) groups excluding carboxylic acids is 2. The van der Waals surface area contributed by atoms with Crippen LogP contribution >= 0.6 is 27.5 Å². The van der Waals surface area contributed by atoms with Crippen molar-refractivity contribution in [1.82, 2.24) is 5.32 Å². The second-order valence-corrected chi connectivity index (χ2v) is 6.69. The first kappa shape index (κ1) is 16.3. The molecule has 0 saturated carbocycles. The Kier molecular flexibility index (Phi) is 4.63. The van der Waals surface area contributed by atoms with Crippen molar-refractivity contribution in [2.24, 2.45) is 0 Å². The molecule has 1 saturated heterocycles. The average molecular weight is 374 g/mol. The molecule has 0 aromatic heterocycles. The van der Waals surface area contributed by atoms with E-state index >= 15 is 0 Å².